The SMILES string of the molecule is CC(C)(CN)C(=O)NC1C2CNCC21.Cl. The number of fused-ring (bicyclic) bond motifs is 1. The lowest BCUT2D eigenvalue weighted by molar-refractivity contribution is -0.129. The van der Waals surface area contributed by atoms with Gasteiger partial charge in [0.2, 0.25) is 5.91 Å². The molecule has 5 heteroatoms. The van der Waals surface area contributed by atoms with Crippen LogP contribution in [0.2, 0.25) is 0 Å². The van der Waals surface area contributed by atoms with Crippen molar-refractivity contribution < 1.29 is 4.79 Å². The van der Waals surface area contributed by atoms with E-state index >= 15 is 0 Å². The molecular weight excluding hydrogens is 214 g/mol. The number of halogens is 1. The summed E-state index contributed by atoms with van der Waals surface area (Å²) in [6.45, 7) is 6.29. The standard InChI is InChI=1S/C10H19N3O.ClH/c1-10(2,5-11)9(14)13-8-6-3-12-4-7(6)8;/h6-8,12H,3-5,11H2,1-2H3,(H,13,14);1H. The number of hydrogen-bond acceptors (Lipinski definition) is 3. The molecule has 2 atom stereocenters. The fraction of sp³-hybridized carbons (Fsp3) is 0.900. The van der Waals surface area contributed by atoms with Crippen LogP contribution < -0.4 is 16.4 Å². The van der Waals surface area contributed by atoms with Gasteiger partial charge in [-0.1, -0.05) is 0 Å². The molecule has 2 rings (SSSR count). The second-order valence-corrected chi connectivity index (χ2v) is 5.07. The molecule has 1 saturated heterocycles. The normalized spacial score (nSPS) is 32.9. The summed E-state index contributed by atoms with van der Waals surface area (Å²) >= 11 is 0. The summed E-state index contributed by atoms with van der Waals surface area (Å²) in [7, 11) is 0. The van der Waals surface area contributed by atoms with Gasteiger partial charge >= 0.3 is 0 Å². The molecule has 0 aromatic heterocycles. The number of nitrogens with two attached hydrogens (primary N) is 1. The Morgan fingerprint density at radius 3 is 2.47 bits per heavy atom. The van der Waals surface area contributed by atoms with Gasteiger partial charge in [-0.05, 0) is 25.7 Å². The van der Waals surface area contributed by atoms with Crippen LogP contribution >= 0.6 is 12.4 Å². The molecule has 0 bridgehead atoms. The highest BCUT2D eigenvalue weighted by molar-refractivity contribution is 5.85. The van der Waals surface area contributed by atoms with Gasteiger partial charge < -0.3 is 16.4 Å². The first-order chi connectivity index (χ1) is 6.56. The Kier molecular flexibility index (Phi) is 3.63. The quantitative estimate of drug-likeness (QED) is 0.629. The summed E-state index contributed by atoms with van der Waals surface area (Å²) in [4.78, 5) is 11.8. The fourth-order valence-electron chi connectivity index (χ4n) is 2.07. The van der Waals surface area contributed by atoms with Crippen molar-refractivity contribution in [3.63, 3.8) is 0 Å². The molecule has 88 valence electrons. The second kappa shape index (κ2) is 4.28. The summed E-state index contributed by atoms with van der Waals surface area (Å²) in [6.07, 6.45) is 0. The van der Waals surface area contributed by atoms with E-state index in [1.54, 1.807) is 0 Å². The molecule has 0 aromatic rings. The van der Waals surface area contributed by atoms with Gasteiger partial charge in [-0.3, -0.25) is 4.79 Å². The van der Waals surface area contributed by atoms with Gasteiger partial charge in [0.1, 0.15) is 0 Å². The molecular formula is C10H20ClN3O. The Hall–Kier alpha value is -0.320. The van der Waals surface area contributed by atoms with Gasteiger partial charge in [0.25, 0.3) is 0 Å². The van der Waals surface area contributed by atoms with Gasteiger partial charge in [-0.2, -0.15) is 0 Å². The van der Waals surface area contributed by atoms with Crippen molar-refractivity contribution in [1.82, 2.24) is 10.6 Å². The first kappa shape index (κ1) is 12.7. The van der Waals surface area contributed by atoms with Gasteiger partial charge in [-0.25, -0.2) is 0 Å². The zero-order chi connectivity index (χ0) is 10.3. The molecule has 1 heterocycles. The van der Waals surface area contributed by atoms with E-state index in [2.05, 4.69) is 10.6 Å². The van der Waals surface area contributed by atoms with Crippen molar-refractivity contribution in [2.75, 3.05) is 19.6 Å². The number of hydrogen-bond donors (Lipinski definition) is 3. The number of carbonyl (C=O) groups is 1. The van der Waals surface area contributed by atoms with Gasteiger partial charge in [-0.15, -0.1) is 12.4 Å². The van der Waals surface area contributed by atoms with E-state index in [0.29, 0.717) is 24.4 Å². The van der Waals surface area contributed by atoms with Crippen molar-refractivity contribution >= 4 is 18.3 Å². The van der Waals surface area contributed by atoms with E-state index in [-0.39, 0.29) is 18.3 Å². The summed E-state index contributed by atoms with van der Waals surface area (Å²) in [5, 5.41) is 6.39. The van der Waals surface area contributed by atoms with Crippen LogP contribution in [0.15, 0.2) is 0 Å². The number of amides is 1. The van der Waals surface area contributed by atoms with Crippen molar-refractivity contribution in [3.8, 4) is 0 Å². The maximum absolute atomic E-state index is 11.8. The van der Waals surface area contributed by atoms with E-state index < -0.39 is 5.41 Å². The lowest BCUT2D eigenvalue weighted by Crippen LogP contribution is -2.44. The average Bonchev–Trinajstić information content (AvgIpc) is 2.64. The number of nitrogens with one attached hydrogen (secondary N) is 2. The minimum absolute atomic E-state index is 0. The Morgan fingerprint density at radius 1 is 1.47 bits per heavy atom. The van der Waals surface area contributed by atoms with Crippen LogP contribution in [0.3, 0.4) is 0 Å². The van der Waals surface area contributed by atoms with Crippen LogP contribution in [0.1, 0.15) is 13.8 Å². The van der Waals surface area contributed by atoms with Crippen molar-refractivity contribution in [3.05, 3.63) is 0 Å². The molecule has 1 aliphatic heterocycles. The van der Waals surface area contributed by atoms with Gasteiger partial charge in [0, 0.05) is 25.7 Å². The minimum Gasteiger partial charge on any atom is -0.352 e. The molecule has 1 aliphatic carbocycles. The van der Waals surface area contributed by atoms with Crippen LogP contribution in [0.25, 0.3) is 0 Å². The molecule has 0 radical (unpaired) electrons. The van der Waals surface area contributed by atoms with Crippen molar-refractivity contribution in [2.45, 2.75) is 19.9 Å². The lowest BCUT2D eigenvalue weighted by atomic mass is 9.92. The molecule has 1 amide bonds. The highest BCUT2D eigenvalue weighted by Gasteiger charge is 2.54. The van der Waals surface area contributed by atoms with E-state index in [9.17, 15) is 4.79 Å². The third-order valence-corrected chi connectivity index (χ3v) is 3.51. The molecule has 15 heavy (non-hydrogen) atoms. The van der Waals surface area contributed by atoms with Crippen molar-refractivity contribution in [1.29, 1.82) is 0 Å². The van der Waals surface area contributed by atoms with Crippen LogP contribution in [-0.4, -0.2) is 31.6 Å². The molecule has 2 fully saturated rings. The van der Waals surface area contributed by atoms with Crippen LogP contribution in [0, 0.1) is 17.3 Å². The Balaban J connectivity index is 0.00000112. The highest BCUT2D eigenvalue weighted by atomic mass is 35.5. The van der Waals surface area contributed by atoms with Crippen LogP contribution in [0.5, 0.6) is 0 Å². The monoisotopic (exact) mass is 233 g/mol. The first-order valence-corrected chi connectivity index (χ1v) is 5.28. The first-order valence-electron chi connectivity index (χ1n) is 5.28. The molecule has 2 unspecified atom stereocenters. The predicted octanol–water partition coefficient (Wildman–Crippen LogP) is -0.273. The van der Waals surface area contributed by atoms with E-state index in [1.165, 1.54) is 0 Å². The Morgan fingerprint density at radius 2 is 2.00 bits per heavy atom. The third kappa shape index (κ3) is 2.27. The Bertz CT molecular complexity index is 247. The minimum atomic E-state index is -0.426. The number of carbonyl (C=O) groups excluding carboxylic acids is 1. The summed E-state index contributed by atoms with van der Waals surface area (Å²) in [5.74, 6) is 1.44. The third-order valence-electron chi connectivity index (χ3n) is 3.51. The van der Waals surface area contributed by atoms with Crippen molar-refractivity contribution in [2.24, 2.45) is 23.0 Å². The molecule has 4 N–H and O–H groups in total. The van der Waals surface area contributed by atoms with Gasteiger partial charge in [0.05, 0.1) is 5.41 Å². The van der Waals surface area contributed by atoms with Crippen LogP contribution in [0.4, 0.5) is 0 Å². The summed E-state index contributed by atoms with van der Waals surface area (Å²) < 4.78 is 0. The molecule has 2 aliphatic rings. The molecule has 0 spiro atoms. The molecule has 4 nitrogen and oxygen atoms in total. The summed E-state index contributed by atoms with van der Waals surface area (Å²) in [5.41, 5.74) is 5.12. The fourth-order valence-corrected chi connectivity index (χ4v) is 2.07. The maximum Gasteiger partial charge on any atom is 0.227 e. The average molecular weight is 234 g/mol. The predicted molar refractivity (Wildman–Crippen MR) is 61.9 cm³/mol. The molecule has 0 aromatic carbocycles. The van der Waals surface area contributed by atoms with Gasteiger partial charge in [0.15, 0.2) is 0 Å². The highest BCUT2D eigenvalue weighted by Crippen LogP contribution is 2.41. The topological polar surface area (TPSA) is 67.2 Å². The smallest absolute Gasteiger partial charge is 0.227 e. The zero-order valence-corrected chi connectivity index (χ0v) is 10.1. The zero-order valence-electron chi connectivity index (χ0n) is 9.25. The van der Waals surface area contributed by atoms with Crippen LogP contribution in [-0.2, 0) is 4.79 Å². The van der Waals surface area contributed by atoms with E-state index in [0.717, 1.165) is 13.1 Å². The van der Waals surface area contributed by atoms with E-state index in [4.69, 9.17) is 5.73 Å². The largest absolute Gasteiger partial charge is 0.352 e. The Labute approximate surface area is 96.8 Å². The second-order valence-electron chi connectivity index (χ2n) is 5.07. The van der Waals surface area contributed by atoms with E-state index in [1.807, 2.05) is 13.8 Å². The summed E-state index contributed by atoms with van der Waals surface area (Å²) in [6, 6.07) is 0.412. The number of rotatable bonds is 3. The maximum atomic E-state index is 11.8. The number of piperidine rings is 1. The lowest BCUT2D eigenvalue weighted by Gasteiger charge is -2.22. The molecule has 1 saturated carbocycles.